The number of benzene rings is 2. The minimum atomic E-state index is -0.919. The number of hydrogen-bond acceptors (Lipinski definition) is 4. The summed E-state index contributed by atoms with van der Waals surface area (Å²) in [5.74, 6) is -1.07. The van der Waals surface area contributed by atoms with Crippen LogP contribution in [0.5, 0.6) is 0 Å². The van der Waals surface area contributed by atoms with Crippen LogP contribution in [-0.4, -0.2) is 16.6 Å². The number of nitrogens with one attached hydrogen (secondary N) is 1. The van der Waals surface area contributed by atoms with Gasteiger partial charge in [0.1, 0.15) is 0 Å². The van der Waals surface area contributed by atoms with Crippen molar-refractivity contribution in [3.8, 4) is 11.3 Å². The summed E-state index contributed by atoms with van der Waals surface area (Å²) in [5, 5.41) is 4.91. The molecule has 1 heterocycles. The van der Waals surface area contributed by atoms with Gasteiger partial charge in [-0.1, -0.05) is 17.7 Å². The molecule has 1 amide bonds. The van der Waals surface area contributed by atoms with E-state index in [1.165, 1.54) is 27.9 Å². The number of carbonyl (C=O) groups is 1. The van der Waals surface area contributed by atoms with Gasteiger partial charge in [-0.3, -0.25) is 4.79 Å². The van der Waals surface area contributed by atoms with Crippen LogP contribution in [-0.2, 0) is 4.79 Å². The molecule has 0 bridgehead atoms. The third-order valence-corrected chi connectivity index (χ3v) is 5.66. The lowest BCUT2D eigenvalue weighted by Gasteiger charge is -2.03. The molecular weight excluding hydrogens is 386 g/mol. The number of thiazole rings is 1. The summed E-state index contributed by atoms with van der Waals surface area (Å²) < 4.78 is 26.3. The Morgan fingerprint density at radius 3 is 2.67 bits per heavy atom. The highest BCUT2D eigenvalue weighted by Gasteiger charge is 2.10. The average Bonchev–Trinajstić information content (AvgIpc) is 3.11. The fourth-order valence-electron chi connectivity index (χ4n) is 2.36. The zero-order valence-electron chi connectivity index (χ0n) is 14.7. The van der Waals surface area contributed by atoms with Gasteiger partial charge in [-0.15, -0.1) is 23.1 Å². The summed E-state index contributed by atoms with van der Waals surface area (Å²) in [5.41, 5.74) is 2.20. The molecule has 0 aliphatic rings. The van der Waals surface area contributed by atoms with E-state index >= 15 is 0 Å². The average molecular weight is 405 g/mol. The van der Waals surface area contributed by atoms with Crippen LogP contribution in [0.25, 0.3) is 11.3 Å². The summed E-state index contributed by atoms with van der Waals surface area (Å²) in [4.78, 5) is 17.5. The van der Waals surface area contributed by atoms with Gasteiger partial charge in [0.25, 0.3) is 0 Å². The van der Waals surface area contributed by atoms with Gasteiger partial charge in [-0.05, 0) is 49.4 Å². The number of carbonyl (C=O) groups excluding carboxylic acids is 1. The molecule has 0 aliphatic carbocycles. The maximum Gasteiger partial charge on any atom is 0.226 e. The van der Waals surface area contributed by atoms with E-state index in [4.69, 9.17) is 0 Å². The Kier molecular flexibility index (Phi) is 6.58. The predicted molar refractivity (Wildman–Crippen MR) is 107 cm³/mol. The van der Waals surface area contributed by atoms with Gasteiger partial charge in [0.2, 0.25) is 5.91 Å². The van der Waals surface area contributed by atoms with Crippen molar-refractivity contribution in [2.75, 3.05) is 11.1 Å². The third-order valence-electron chi connectivity index (χ3n) is 3.80. The summed E-state index contributed by atoms with van der Waals surface area (Å²) in [6.45, 7) is 2.05. The first kappa shape index (κ1) is 19.5. The highest BCUT2D eigenvalue weighted by atomic mass is 32.2. The number of aryl methyl sites for hydroxylation is 1. The number of aromatic nitrogens is 1. The van der Waals surface area contributed by atoms with Gasteiger partial charge in [0.15, 0.2) is 16.8 Å². The first-order valence-electron chi connectivity index (χ1n) is 8.41. The molecule has 0 atom stereocenters. The fraction of sp³-hybridized carbons (Fsp3) is 0.200. The molecule has 3 rings (SSSR count). The van der Waals surface area contributed by atoms with Crippen LogP contribution in [0.3, 0.4) is 0 Å². The molecule has 0 unspecified atom stereocenters. The minimum Gasteiger partial charge on any atom is -0.302 e. The Labute approximate surface area is 164 Å². The van der Waals surface area contributed by atoms with Crippen molar-refractivity contribution in [2.45, 2.75) is 24.7 Å². The van der Waals surface area contributed by atoms with E-state index in [9.17, 15) is 13.6 Å². The Morgan fingerprint density at radius 2 is 1.93 bits per heavy atom. The Hall–Kier alpha value is -2.25. The fourth-order valence-corrected chi connectivity index (χ4v) is 3.95. The van der Waals surface area contributed by atoms with E-state index in [2.05, 4.69) is 41.5 Å². The smallest absolute Gasteiger partial charge is 0.226 e. The largest absolute Gasteiger partial charge is 0.302 e. The first-order valence-corrected chi connectivity index (χ1v) is 10.3. The lowest BCUT2D eigenvalue weighted by atomic mass is 10.2. The molecule has 0 spiro atoms. The number of amides is 1. The molecule has 27 heavy (non-hydrogen) atoms. The number of thioether (sulfide) groups is 1. The summed E-state index contributed by atoms with van der Waals surface area (Å²) >= 11 is 2.98. The normalized spacial score (nSPS) is 10.8. The van der Waals surface area contributed by atoms with Gasteiger partial charge in [-0.25, -0.2) is 13.8 Å². The Bertz CT molecular complexity index is 926. The summed E-state index contributed by atoms with van der Waals surface area (Å²) in [7, 11) is 0. The van der Waals surface area contributed by atoms with Gasteiger partial charge in [0.05, 0.1) is 5.69 Å². The second kappa shape index (κ2) is 9.10. The molecular formula is C20H18F2N2OS2. The molecule has 1 aromatic heterocycles. The van der Waals surface area contributed by atoms with E-state index in [-0.39, 0.29) is 5.91 Å². The number of halogens is 2. The number of nitrogens with zero attached hydrogens (tertiary/aromatic N) is 1. The van der Waals surface area contributed by atoms with Gasteiger partial charge in [0, 0.05) is 22.3 Å². The molecule has 0 fully saturated rings. The molecule has 1 N–H and O–H groups in total. The van der Waals surface area contributed by atoms with Crippen molar-refractivity contribution in [2.24, 2.45) is 0 Å². The second-order valence-electron chi connectivity index (χ2n) is 5.98. The van der Waals surface area contributed by atoms with Crippen molar-refractivity contribution in [3.63, 3.8) is 0 Å². The monoisotopic (exact) mass is 404 g/mol. The van der Waals surface area contributed by atoms with Crippen LogP contribution in [0.1, 0.15) is 18.4 Å². The zero-order chi connectivity index (χ0) is 19.2. The summed E-state index contributed by atoms with van der Waals surface area (Å²) in [6.07, 6.45) is 1.16. The third kappa shape index (κ3) is 5.61. The number of rotatable bonds is 7. The van der Waals surface area contributed by atoms with Gasteiger partial charge in [-0.2, -0.15) is 0 Å². The lowest BCUT2D eigenvalue weighted by molar-refractivity contribution is -0.116. The standard InChI is InChI=1S/C20H18F2N2OS2/c1-13-4-7-15(8-5-13)26-10-2-3-19(25)24-20-23-18(12-27-20)14-6-9-16(21)17(22)11-14/h4-9,11-12H,2-3,10H2,1H3,(H,23,24,25). The first-order chi connectivity index (χ1) is 13.0. The van der Waals surface area contributed by atoms with E-state index in [0.717, 1.165) is 24.3 Å². The van der Waals surface area contributed by atoms with E-state index in [0.29, 0.717) is 22.8 Å². The minimum absolute atomic E-state index is 0.106. The SMILES string of the molecule is Cc1ccc(SCCCC(=O)Nc2nc(-c3ccc(F)c(F)c3)cs2)cc1. The molecule has 0 saturated carbocycles. The predicted octanol–water partition coefficient (Wildman–Crippen LogP) is 5.91. The summed E-state index contributed by atoms with van der Waals surface area (Å²) in [6, 6.07) is 11.9. The molecule has 0 radical (unpaired) electrons. The van der Waals surface area contributed by atoms with E-state index < -0.39 is 11.6 Å². The van der Waals surface area contributed by atoms with Crippen LogP contribution >= 0.6 is 23.1 Å². The van der Waals surface area contributed by atoms with Crippen LogP contribution in [0.2, 0.25) is 0 Å². The van der Waals surface area contributed by atoms with Gasteiger partial charge >= 0.3 is 0 Å². The number of anilines is 1. The van der Waals surface area contributed by atoms with Crippen molar-refractivity contribution in [1.82, 2.24) is 4.98 Å². The maximum atomic E-state index is 13.3. The Morgan fingerprint density at radius 1 is 1.15 bits per heavy atom. The van der Waals surface area contributed by atoms with Crippen LogP contribution < -0.4 is 5.32 Å². The van der Waals surface area contributed by atoms with Crippen LogP contribution in [0.15, 0.2) is 52.7 Å². The topological polar surface area (TPSA) is 42.0 Å². The molecule has 3 aromatic rings. The van der Waals surface area contributed by atoms with Crippen LogP contribution in [0.4, 0.5) is 13.9 Å². The molecule has 0 aliphatic heterocycles. The molecule has 2 aromatic carbocycles. The van der Waals surface area contributed by atoms with Crippen molar-refractivity contribution >= 4 is 34.1 Å². The highest BCUT2D eigenvalue weighted by Crippen LogP contribution is 2.26. The molecule has 140 valence electrons. The van der Waals surface area contributed by atoms with Crippen molar-refractivity contribution < 1.29 is 13.6 Å². The van der Waals surface area contributed by atoms with Crippen LogP contribution in [0, 0.1) is 18.6 Å². The second-order valence-corrected chi connectivity index (χ2v) is 8.01. The molecule has 0 saturated heterocycles. The molecule has 3 nitrogen and oxygen atoms in total. The van der Waals surface area contributed by atoms with Crippen molar-refractivity contribution in [3.05, 3.63) is 65.0 Å². The zero-order valence-corrected chi connectivity index (χ0v) is 16.3. The molecule has 7 heteroatoms. The Balaban J connectivity index is 1.46. The highest BCUT2D eigenvalue weighted by molar-refractivity contribution is 7.99. The van der Waals surface area contributed by atoms with E-state index in [1.807, 2.05) is 0 Å². The van der Waals surface area contributed by atoms with Gasteiger partial charge < -0.3 is 5.32 Å². The quantitative estimate of drug-likeness (QED) is 0.393. The van der Waals surface area contributed by atoms with E-state index in [1.54, 1.807) is 17.1 Å². The lowest BCUT2D eigenvalue weighted by Crippen LogP contribution is -2.11. The van der Waals surface area contributed by atoms with Crippen molar-refractivity contribution in [1.29, 1.82) is 0 Å². The maximum absolute atomic E-state index is 13.3. The number of hydrogen-bond donors (Lipinski definition) is 1.